The van der Waals surface area contributed by atoms with Gasteiger partial charge < -0.3 is 0 Å². The van der Waals surface area contributed by atoms with E-state index in [1.807, 2.05) is 6.07 Å². The fourth-order valence-electron chi connectivity index (χ4n) is 3.82. The molecule has 1 unspecified atom stereocenters. The average Bonchev–Trinajstić information content (AvgIpc) is 3.01. The standard InChI is InChI=1S/C17H16N2O4S/c20-19(21)14-5-2-6-15(11-14)24(22,23)18-10-9-13-4-1-3-12-7-8-16(18)17(12)13/h1-6,11,16H,7-10H2. The normalized spacial score (nSPS) is 19.9. The summed E-state index contributed by atoms with van der Waals surface area (Å²) in [4.78, 5) is 10.4. The molecule has 0 saturated carbocycles. The minimum absolute atomic E-state index is 0.00969. The van der Waals surface area contributed by atoms with Crippen LogP contribution >= 0.6 is 0 Å². The van der Waals surface area contributed by atoms with Crippen LogP contribution in [0.15, 0.2) is 47.4 Å². The summed E-state index contributed by atoms with van der Waals surface area (Å²) in [5.74, 6) is 0. The van der Waals surface area contributed by atoms with Gasteiger partial charge >= 0.3 is 0 Å². The monoisotopic (exact) mass is 344 g/mol. The van der Waals surface area contributed by atoms with Crippen molar-refractivity contribution < 1.29 is 13.3 Å². The molecule has 124 valence electrons. The third kappa shape index (κ3) is 2.23. The molecule has 0 N–H and O–H groups in total. The van der Waals surface area contributed by atoms with Gasteiger partial charge in [0.2, 0.25) is 10.0 Å². The number of sulfonamides is 1. The lowest BCUT2D eigenvalue weighted by atomic mass is 9.95. The Balaban J connectivity index is 1.77. The molecule has 4 rings (SSSR count). The molecule has 24 heavy (non-hydrogen) atoms. The Bertz CT molecular complexity index is 939. The van der Waals surface area contributed by atoms with Crippen LogP contribution in [0.1, 0.15) is 29.2 Å². The maximum Gasteiger partial charge on any atom is 0.270 e. The molecule has 6 nitrogen and oxygen atoms in total. The van der Waals surface area contributed by atoms with Gasteiger partial charge in [-0.2, -0.15) is 4.31 Å². The first-order valence-electron chi connectivity index (χ1n) is 7.85. The Hall–Kier alpha value is -2.25. The quantitative estimate of drug-likeness (QED) is 0.633. The van der Waals surface area contributed by atoms with Gasteiger partial charge in [0.05, 0.1) is 15.9 Å². The van der Waals surface area contributed by atoms with E-state index in [0.29, 0.717) is 13.0 Å². The van der Waals surface area contributed by atoms with Crippen molar-refractivity contribution in [2.45, 2.75) is 30.2 Å². The third-order valence-corrected chi connectivity index (χ3v) is 6.80. The van der Waals surface area contributed by atoms with Crippen molar-refractivity contribution in [1.82, 2.24) is 4.31 Å². The molecule has 2 aromatic rings. The molecule has 0 fully saturated rings. The summed E-state index contributed by atoms with van der Waals surface area (Å²) < 4.78 is 27.7. The number of nitrogens with zero attached hydrogens (tertiary/aromatic N) is 2. The van der Waals surface area contributed by atoms with Crippen LogP contribution in [0.2, 0.25) is 0 Å². The molecule has 0 spiro atoms. The van der Waals surface area contributed by atoms with E-state index in [-0.39, 0.29) is 16.6 Å². The van der Waals surface area contributed by atoms with Crippen molar-refractivity contribution in [2.75, 3.05) is 6.54 Å². The van der Waals surface area contributed by atoms with Gasteiger partial charge in [0.15, 0.2) is 0 Å². The van der Waals surface area contributed by atoms with Gasteiger partial charge in [0, 0.05) is 18.7 Å². The van der Waals surface area contributed by atoms with Crippen molar-refractivity contribution in [2.24, 2.45) is 0 Å². The summed E-state index contributed by atoms with van der Waals surface area (Å²) in [6, 6.07) is 11.3. The highest BCUT2D eigenvalue weighted by molar-refractivity contribution is 7.89. The number of non-ortho nitro benzene ring substituents is 1. The van der Waals surface area contributed by atoms with E-state index >= 15 is 0 Å². The highest BCUT2D eigenvalue weighted by atomic mass is 32.2. The molecular weight excluding hydrogens is 328 g/mol. The minimum atomic E-state index is -3.76. The highest BCUT2D eigenvalue weighted by Gasteiger charge is 2.40. The van der Waals surface area contributed by atoms with Crippen molar-refractivity contribution in [3.8, 4) is 0 Å². The van der Waals surface area contributed by atoms with Crippen molar-refractivity contribution in [3.05, 3.63) is 69.3 Å². The first-order valence-corrected chi connectivity index (χ1v) is 9.29. The number of hydrogen-bond acceptors (Lipinski definition) is 4. The maximum absolute atomic E-state index is 13.1. The molecule has 1 heterocycles. The van der Waals surface area contributed by atoms with Gasteiger partial charge in [0.25, 0.3) is 5.69 Å². The van der Waals surface area contributed by atoms with Crippen molar-refractivity contribution in [1.29, 1.82) is 0 Å². The van der Waals surface area contributed by atoms with Crippen LogP contribution in [-0.4, -0.2) is 24.2 Å². The Labute approximate surface area is 139 Å². The van der Waals surface area contributed by atoms with Crippen LogP contribution < -0.4 is 0 Å². The zero-order chi connectivity index (χ0) is 16.9. The van der Waals surface area contributed by atoms with Gasteiger partial charge in [0.1, 0.15) is 0 Å². The molecule has 1 atom stereocenters. The van der Waals surface area contributed by atoms with E-state index in [4.69, 9.17) is 0 Å². The van der Waals surface area contributed by atoms with Gasteiger partial charge in [-0.25, -0.2) is 8.42 Å². The molecule has 2 aliphatic rings. The van der Waals surface area contributed by atoms with Gasteiger partial charge in [-0.05, 0) is 42.0 Å². The molecular formula is C17H16N2O4S. The van der Waals surface area contributed by atoms with Crippen LogP contribution in [0.4, 0.5) is 5.69 Å². The summed E-state index contributed by atoms with van der Waals surface area (Å²) in [5.41, 5.74) is 3.37. The van der Waals surface area contributed by atoms with Crippen molar-refractivity contribution in [3.63, 3.8) is 0 Å². The predicted octanol–water partition coefficient (Wildman–Crippen LogP) is 2.83. The van der Waals surface area contributed by atoms with Crippen LogP contribution in [0, 0.1) is 10.1 Å². The summed E-state index contributed by atoms with van der Waals surface area (Å²) in [7, 11) is -3.76. The predicted molar refractivity (Wildman–Crippen MR) is 88.2 cm³/mol. The second-order valence-corrected chi connectivity index (χ2v) is 8.06. The number of rotatable bonds is 3. The Morgan fingerprint density at radius 1 is 1.08 bits per heavy atom. The Morgan fingerprint density at radius 3 is 2.54 bits per heavy atom. The average molecular weight is 344 g/mol. The lowest BCUT2D eigenvalue weighted by Gasteiger charge is -2.34. The fraction of sp³-hybridized carbons (Fsp3) is 0.294. The van der Waals surface area contributed by atoms with Gasteiger partial charge in [-0.1, -0.05) is 24.3 Å². The first kappa shape index (κ1) is 15.3. The number of aryl methyl sites for hydroxylation is 1. The molecule has 0 radical (unpaired) electrons. The van der Waals surface area contributed by atoms with E-state index in [0.717, 1.165) is 24.5 Å². The SMILES string of the molecule is O=[N+]([O-])c1cccc(S(=O)(=O)N2CCc3cccc4c3C2CC4)c1. The first-order chi connectivity index (χ1) is 11.5. The van der Waals surface area contributed by atoms with Crippen LogP contribution in [-0.2, 0) is 22.9 Å². The number of nitro benzene ring substituents is 1. The smallest absolute Gasteiger partial charge is 0.258 e. The minimum Gasteiger partial charge on any atom is -0.258 e. The molecule has 0 saturated heterocycles. The molecule has 1 aliphatic heterocycles. The molecule has 0 bridgehead atoms. The largest absolute Gasteiger partial charge is 0.270 e. The number of nitro groups is 1. The lowest BCUT2D eigenvalue weighted by Crippen LogP contribution is -2.39. The summed E-state index contributed by atoms with van der Waals surface area (Å²) in [5, 5.41) is 10.9. The van der Waals surface area contributed by atoms with E-state index in [1.54, 1.807) is 0 Å². The summed E-state index contributed by atoms with van der Waals surface area (Å²) in [6.07, 6.45) is 2.31. The van der Waals surface area contributed by atoms with E-state index in [2.05, 4.69) is 12.1 Å². The molecule has 2 aromatic carbocycles. The van der Waals surface area contributed by atoms with E-state index < -0.39 is 14.9 Å². The Kier molecular flexibility index (Phi) is 3.43. The highest BCUT2D eigenvalue weighted by Crippen LogP contribution is 2.43. The molecule has 0 aromatic heterocycles. The maximum atomic E-state index is 13.1. The summed E-state index contributed by atoms with van der Waals surface area (Å²) >= 11 is 0. The Morgan fingerprint density at radius 2 is 1.79 bits per heavy atom. The topological polar surface area (TPSA) is 80.5 Å². The molecule has 1 aliphatic carbocycles. The zero-order valence-electron chi connectivity index (χ0n) is 12.9. The van der Waals surface area contributed by atoms with Crippen LogP contribution in [0.5, 0.6) is 0 Å². The number of benzene rings is 2. The second kappa shape index (κ2) is 5.39. The second-order valence-electron chi connectivity index (χ2n) is 6.16. The molecule has 7 heteroatoms. The zero-order valence-corrected chi connectivity index (χ0v) is 13.7. The fourth-order valence-corrected chi connectivity index (χ4v) is 5.49. The van der Waals surface area contributed by atoms with Crippen molar-refractivity contribution >= 4 is 15.7 Å². The van der Waals surface area contributed by atoms with E-state index in [1.165, 1.54) is 33.6 Å². The summed E-state index contributed by atoms with van der Waals surface area (Å²) in [6.45, 7) is 0.409. The number of hydrogen-bond donors (Lipinski definition) is 0. The van der Waals surface area contributed by atoms with Crippen LogP contribution in [0.25, 0.3) is 0 Å². The van der Waals surface area contributed by atoms with E-state index in [9.17, 15) is 18.5 Å². The van der Waals surface area contributed by atoms with Gasteiger partial charge in [-0.3, -0.25) is 10.1 Å². The lowest BCUT2D eigenvalue weighted by molar-refractivity contribution is -0.385. The van der Waals surface area contributed by atoms with Gasteiger partial charge in [-0.15, -0.1) is 0 Å². The van der Waals surface area contributed by atoms with Crippen LogP contribution in [0.3, 0.4) is 0 Å². The molecule has 0 amide bonds. The third-order valence-electron chi connectivity index (χ3n) is 4.89.